The molecule has 0 bridgehead atoms. The third kappa shape index (κ3) is 13.9. The summed E-state index contributed by atoms with van der Waals surface area (Å²) in [5.41, 5.74) is 1.40. The molecule has 2 aromatic rings. The Bertz CT molecular complexity index is 1560. The minimum Gasteiger partial charge on any atom is -0.465 e. The summed E-state index contributed by atoms with van der Waals surface area (Å²) in [5, 5.41) is 2.39. The topological polar surface area (TPSA) is 198 Å². The molecule has 1 N–H and O–H groups in total. The molecule has 1 amide bonds. The highest BCUT2D eigenvalue weighted by molar-refractivity contribution is 7.41. The van der Waals surface area contributed by atoms with Crippen LogP contribution in [0, 0.1) is 0 Å². The van der Waals surface area contributed by atoms with Crippen molar-refractivity contribution in [3.8, 4) is 0 Å². The minimum atomic E-state index is -2.64. The van der Waals surface area contributed by atoms with Crippen LogP contribution in [0.25, 0.3) is 0 Å². The van der Waals surface area contributed by atoms with Gasteiger partial charge in [-0.3, -0.25) is 28.5 Å². The number of nitrogens with one attached hydrogen (secondary N) is 1. The summed E-state index contributed by atoms with van der Waals surface area (Å²) in [5.74, 6) is -8.78. The van der Waals surface area contributed by atoms with E-state index in [9.17, 15) is 28.8 Å². The number of alkyl halides is 3. The van der Waals surface area contributed by atoms with Gasteiger partial charge in [-0.25, -0.2) is 4.79 Å². The SMILES string of the molecule is COC(=O)[C@]1(OP(OCc2ccccc2)OCc2ccccc2)C[C@H](OC(C)=O)[C@@H](NC(=O)C(Cl)(Cl)Cl)[C@H]([C@H](OC(C)=O)[C@@H](COC(C)=O)OC(C)=O)O1. The number of carbonyl (C=O) groups excluding carboxylic acids is 6. The predicted octanol–water partition coefficient (Wildman–Crippen LogP) is 4.53. The second-order valence-corrected chi connectivity index (χ2v) is 15.0. The fourth-order valence-electron chi connectivity index (χ4n) is 5.10. The number of benzene rings is 2. The van der Waals surface area contributed by atoms with Crippen molar-refractivity contribution in [2.45, 2.75) is 87.4 Å². The molecule has 0 radical (unpaired) electrons. The standard InChI is InChI=1S/C34H39Cl3NO15P/c1-20(39)46-19-27(50-22(3)41)29(51-23(4)42)30-28(38-31(43)34(35,36)37)26(49-21(2)40)16-33(52-30,32(44)45-5)53-54(47-17-24-12-8-6-9-13-24)48-18-25-14-10-7-11-15-25/h6-15,26-30H,16-19H2,1-5H3,(H,38,43)/t26-,27+,28+,29+,30+,33+/m0/s1. The summed E-state index contributed by atoms with van der Waals surface area (Å²) >= 11 is 17.6. The Labute approximate surface area is 327 Å². The Balaban J connectivity index is 2.23. The molecule has 0 saturated carbocycles. The first kappa shape index (κ1) is 44.8. The summed E-state index contributed by atoms with van der Waals surface area (Å²) in [7, 11) is -1.58. The highest BCUT2D eigenvalue weighted by Gasteiger charge is 2.61. The van der Waals surface area contributed by atoms with E-state index < -0.39 is 97.4 Å². The van der Waals surface area contributed by atoms with Crippen LogP contribution in [-0.4, -0.2) is 89.5 Å². The Morgan fingerprint density at radius 2 is 1.37 bits per heavy atom. The normalized spacial score (nSPS) is 20.9. The first-order valence-electron chi connectivity index (χ1n) is 16.1. The van der Waals surface area contributed by atoms with E-state index in [4.69, 9.17) is 76.8 Å². The first-order valence-corrected chi connectivity index (χ1v) is 18.3. The maximum absolute atomic E-state index is 13.9. The van der Waals surface area contributed by atoms with Crippen LogP contribution in [0.1, 0.15) is 45.2 Å². The molecule has 1 aliphatic rings. The molecule has 1 aliphatic heterocycles. The molecule has 54 heavy (non-hydrogen) atoms. The summed E-state index contributed by atoms with van der Waals surface area (Å²) in [6.45, 7) is 3.21. The fraction of sp³-hybridized carbons (Fsp3) is 0.471. The molecule has 6 atom stereocenters. The first-order chi connectivity index (χ1) is 25.4. The predicted molar refractivity (Wildman–Crippen MR) is 190 cm³/mol. The average Bonchev–Trinajstić information content (AvgIpc) is 3.10. The number of methoxy groups -OCH3 is 1. The Kier molecular flexibility index (Phi) is 17.3. The van der Waals surface area contributed by atoms with E-state index in [1.165, 1.54) is 0 Å². The van der Waals surface area contributed by atoms with Crippen molar-refractivity contribution in [2.24, 2.45) is 0 Å². The van der Waals surface area contributed by atoms with Gasteiger partial charge in [0.15, 0.2) is 12.2 Å². The Hall–Kier alpha value is -3.60. The van der Waals surface area contributed by atoms with E-state index >= 15 is 0 Å². The van der Waals surface area contributed by atoms with E-state index in [2.05, 4.69) is 5.32 Å². The van der Waals surface area contributed by atoms with E-state index in [0.717, 1.165) is 34.8 Å². The lowest BCUT2D eigenvalue weighted by atomic mass is 9.88. The second kappa shape index (κ2) is 20.9. The second-order valence-electron chi connectivity index (χ2n) is 11.5. The maximum Gasteiger partial charge on any atom is 0.367 e. The molecular weight excluding hydrogens is 800 g/mol. The van der Waals surface area contributed by atoms with Gasteiger partial charge in [0.25, 0.3) is 15.5 Å². The number of halogens is 3. The van der Waals surface area contributed by atoms with Gasteiger partial charge in [0.2, 0.25) is 0 Å². The van der Waals surface area contributed by atoms with Gasteiger partial charge in [-0.15, -0.1) is 0 Å². The zero-order valence-electron chi connectivity index (χ0n) is 29.7. The van der Waals surface area contributed by atoms with Crippen LogP contribution < -0.4 is 5.32 Å². The molecule has 0 aliphatic carbocycles. The molecule has 2 aromatic carbocycles. The summed E-state index contributed by atoms with van der Waals surface area (Å²) < 4.78 is 48.8. The van der Waals surface area contributed by atoms with Gasteiger partial charge in [0, 0.05) is 27.7 Å². The monoisotopic (exact) mass is 837 g/mol. The van der Waals surface area contributed by atoms with Gasteiger partial charge in [-0.05, 0) is 11.1 Å². The highest BCUT2D eigenvalue weighted by Crippen LogP contribution is 2.50. The van der Waals surface area contributed by atoms with Gasteiger partial charge >= 0.3 is 38.4 Å². The van der Waals surface area contributed by atoms with Crippen molar-refractivity contribution in [1.82, 2.24) is 5.32 Å². The average molecular weight is 839 g/mol. The van der Waals surface area contributed by atoms with Crippen LogP contribution >= 0.6 is 43.4 Å². The zero-order valence-corrected chi connectivity index (χ0v) is 32.9. The molecule has 1 heterocycles. The number of rotatable bonds is 17. The van der Waals surface area contributed by atoms with Gasteiger partial charge in [-0.2, -0.15) is 0 Å². The summed E-state index contributed by atoms with van der Waals surface area (Å²) in [6.07, 6.45) is -7.79. The van der Waals surface area contributed by atoms with E-state index in [-0.39, 0.29) is 13.2 Å². The van der Waals surface area contributed by atoms with Crippen LogP contribution in [0.2, 0.25) is 0 Å². The lowest BCUT2D eigenvalue weighted by Crippen LogP contribution is -2.69. The lowest BCUT2D eigenvalue weighted by molar-refractivity contribution is -0.292. The number of ether oxygens (including phenoxy) is 6. The van der Waals surface area contributed by atoms with E-state index in [1.54, 1.807) is 60.7 Å². The molecule has 16 nitrogen and oxygen atoms in total. The van der Waals surface area contributed by atoms with Crippen molar-refractivity contribution >= 4 is 79.2 Å². The van der Waals surface area contributed by atoms with Gasteiger partial charge in [0.05, 0.1) is 32.8 Å². The number of amides is 1. The number of esters is 5. The number of carbonyl (C=O) groups is 6. The van der Waals surface area contributed by atoms with E-state index in [0.29, 0.717) is 11.1 Å². The molecule has 296 valence electrons. The molecule has 0 aromatic heterocycles. The Morgan fingerprint density at radius 3 is 1.81 bits per heavy atom. The number of hydrogen-bond donors (Lipinski definition) is 1. The van der Waals surface area contributed by atoms with Crippen LogP contribution in [0.5, 0.6) is 0 Å². The van der Waals surface area contributed by atoms with Crippen LogP contribution in [0.3, 0.4) is 0 Å². The third-order valence-electron chi connectivity index (χ3n) is 7.26. The third-order valence-corrected chi connectivity index (χ3v) is 8.90. The van der Waals surface area contributed by atoms with Crippen molar-refractivity contribution < 1.29 is 70.8 Å². The zero-order chi connectivity index (χ0) is 40.1. The van der Waals surface area contributed by atoms with Gasteiger partial charge in [-0.1, -0.05) is 95.5 Å². The molecule has 1 fully saturated rings. The molecule has 0 unspecified atom stereocenters. The molecule has 0 spiro atoms. The van der Waals surface area contributed by atoms with E-state index in [1.807, 2.05) is 0 Å². The van der Waals surface area contributed by atoms with Gasteiger partial charge in [0.1, 0.15) is 18.8 Å². The van der Waals surface area contributed by atoms with Crippen molar-refractivity contribution in [3.63, 3.8) is 0 Å². The summed E-state index contributed by atoms with van der Waals surface area (Å²) in [6, 6.07) is 16.1. The lowest BCUT2D eigenvalue weighted by Gasteiger charge is -2.48. The minimum absolute atomic E-state index is 0.0791. The summed E-state index contributed by atoms with van der Waals surface area (Å²) in [4.78, 5) is 76.4. The fourth-order valence-corrected chi connectivity index (χ4v) is 6.39. The molecule has 1 saturated heterocycles. The number of hydrogen-bond acceptors (Lipinski definition) is 15. The van der Waals surface area contributed by atoms with Crippen LogP contribution in [0.15, 0.2) is 60.7 Å². The molecule has 20 heteroatoms. The van der Waals surface area contributed by atoms with Crippen LogP contribution in [0.4, 0.5) is 0 Å². The highest BCUT2D eigenvalue weighted by atomic mass is 35.6. The van der Waals surface area contributed by atoms with Gasteiger partial charge < -0.3 is 42.8 Å². The quantitative estimate of drug-likeness (QED) is 0.101. The largest absolute Gasteiger partial charge is 0.465 e. The van der Waals surface area contributed by atoms with Crippen molar-refractivity contribution in [1.29, 1.82) is 0 Å². The maximum atomic E-state index is 13.9. The smallest absolute Gasteiger partial charge is 0.367 e. The van der Waals surface area contributed by atoms with Crippen molar-refractivity contribution in [2.75, 3.05) is 13.7 Å². The van der Waals surface area contributed by atoms with Crippen LogP contribution in [-0.2, 0) is 84.0 Å². The molecular formula is C34H39Cl3NO15P. The molecule has 3 rings (SSSR count). The van der Waals surface area contributed by atoms with Crippen molar-refractivity contribution in [3.05, 3.63) is 71.8 Å². The Morgan fingerprint density at radius 1 is 0.833 bits per heavy atom.